The molecule has 4 rings (SSSR count). The molecule has 1 aromatic heterocycles. The Bertz CT molecular complexity index is 952. The van der Waals surface area contributed by atoms with Gasteiger partial charge in [-0.25, -0.2) is 9.78 Å². The van der Waals surface area contributed by atoms with Crippen LogP contribution in [-0.4, -0.2) is 33.8 Å². The number of fused-ring (bicyclic) bond motifs is 1. The highest BCUT2D eigenvalue weighted by Crippen LogP contribution is 2.32. The smallest absolute Gasteiger partial charge is 0.406 e. The van der Waals surface area contributed by atoms with Crippen molar-refractivity contribution in [2.45, 2.75) is 25.2 Å². The fourth-order valence-electron chi connectivity index (χ4n) is 3.36. The number of halogens is 3. The van der Waals surface area contributed by atoms with Crippen molar-refractivity contribution in [2.75, 3.05) is 11.9 Å². The number of rotatable bonds is 3. The lowest BCUT2D eigenvalue weighted by Gasteiger charge is -2.23. The third-order valence-corrected chi connectivity index (χ3v) is 4.58. The van der Waals surface area contributed by atoms with Crippen molar-refractivity contribution < 1.29 is 22.7 Å². The summed E-state index contributed by atoms with van der Waals surface area (Å²) in [6.07, 6.45) is -3.13. The van der Waals surface area contributed by atoms with E-state index in [1.165, 1.54) is 12.1 Å². The molecule has 0 radical (unpaired) electrons. The van der Waals surface area contributed by atoms with Crippen molar-refractivity contribution in [1.82, 2.24) is 14.9 Å². The average molecular weight is 390 g/mol. The maximum atomic E-state index is 12.7. The van der Waals surface area contributed by atoms with Gasteiger partial charge in [0.2, 0.25) is 0 Å². The monoisotopic (exact) mass is 390 g/mol. The Kier molecular flexibility index (Phi) is 4.58. The minimum atomic E-state index is -4.75. The van der Waals surface area contributed by atoms with Crippen molar-refractivity contribution in [2.24, 2.45) is 0 Å². The maximum absolute atomic E-state index is 12.7. The summed E-state index contributed by atoms with van der Waals surface area (Å²) in [7, 11) is 0. The van der Waals surface area contributed by atoms with Crippen molar-refractivity contribution in [3.63, 3.8) is 0 Å². The summed E-state index contributed by atoms with van der Waals surface area (Å²) in [4.78, 5) is 22.2. The molecule has 28 heavy (non-hydrogen) atoms. The summed E-state index contributed by atoms with van der Waals surface area (Å²) < 4.78 is 40.5. The first-order chi connectivity index (χ1) is 13.4. The van der Waals surface area contributed by atoms with E-state index in [1.807, 2.05) is 24.3 Å². The molecule has 9 heteroatoms. The van der Waals surface area contributed by atoms with E-state index in [2.05, 4.69) is 20.0 Å². The molecule has 1 atom stereocenters. The summed E-state index contributed by atoms with van der Waals surface area (Å²) in [5.74, 6) is 0.384. The zero-order valence-corrected chi connectivity index (χ0v) is 14.7. The van der Waals surface area contributed by atoms with Gasteiger partial charge in [0, 0.05) is 12.2 Å². The molecule has 1 saturated heterocycles. The molecule has 2 heterocycles. The Morgan fingerprint density at radius 1 is 1.18 bits per heavy atom. The number of urea groups is 1. The van der Waals surface area contributed by atoms with Gasteiger partial charge in [-0.1, -0.05) is 12.1 Å². The number of H-pyrrole nitrogens is 1. The lowest BCUT2D eigenvalue weighted by molar-refractivity contribution is -0.274. The van der Waals surface area contributed by atoms with Crippen LogP contribution in [0.25, 0.3) is 11.0 Å². The van der Waals surface area contributed by atoms with Gasteiger partial charge in [-0.2, -0.15) is 0 Å². The standard InChI is InChI=1S/C19H17F3N4O2/c20-19(21,22)28-13-9-7-12(8-10-13)23-18(27)26-11-3-6-16(26)17-24-14-4-1-2-5-15(14)25-17/h1-2,4-5,7-10,16H,3,6,11H2,(H,23,27)(H,24,25)/t16-/m0/s1. The van der Waals surface area contributed by atoms with E-state index in [0.29, 0.717) is 12.2 Å². The molecule has 3 aromatic rings. The van der Waals surface area contributed by atoms with Crippen LogP contribution in [0, 0.1) is 0 Å². The Morgan fingerprint density at radius 2 is 1.93 bits per heavy atom. The van der Waals surface area contributed by atoms with E-state index < -0.39 is 6.36 Å². The van der Waals surface area contributed by atoms with Crippen LogP contribution < -0.4 is 10.1 Å². The molecule has 1 fully saturated rings. The van der Waals surface area contributed by atoms with Gasteiger partial charge < -0.3 is 19.9 Å². The van der Waals surface area contributed by atoms with Crippen LogP contribution in [-0.2, 0) is 0 Å². The first-order valence-corrected chi connectivity index (χ1v) is 8.77. The largest absolute Gasteiger partial charge is 0.573 e. The Hall–Kier alpha value is -3.23. The molecule has 2 amide bonds. The van der Waals surface area contributed by atoms with Gasteiger partial charge in [0.25, 0.3) is 0 Å². The van der Waals surface area contributed by atoms with Crippen LogP contribution in [0.2, 0.25) is 0 Å². The normalized spacial score (nSPS) is 17.1. The van der Waals surface area contributed by atoms with Crippen LogP contribution in [0.5, 0.6) is 5.75 Å². The van der Waals surface area contributed by atoms with Gasteiger partial charge in [-0.3, -0.25) is 0 Å². The molecule has 2 aromatic carbocycles. The molecule has 0 saturated carbocycles. The van der Waals surface area contributed by atoms with E-state index in [9.17, 15) is 18.0 Å². The highest BCUT2D eigenvalue weighted by atomic mass is 19.4. The molecule has 6 nitrogen and oxygen atoms in total. The van der Waals surface area contributed by atoms with Crippen molar-refractivity contribution in [1.29, 1.82) is 0 Å². The SMILES string of the molecule is O=C(Nc1ccc(OC(F)(F)F)cc1)N1CCC[C@H]1c1nc2ccccc2[nH]1. The third kappa shape index (κ3) is 3.88. The van der Waals surface area contributed by atoms with E-state index in [1.54, 1.807) is 4.90 Å². The molecular formula is C19H17F3N4O2. The summed E-state index contributed by atoms with van der Waals surface area (Å²) in [6, 6.07) is 12.2. The fourth-order valence-corrected chi connectivity index (χ4v) is 3.36. The molecule has 0 aliphatic carbocycles. The van der Waals surface area contributed by atoms with Gasteiger partial charge in [-0.05, 0) is 49.2 Å². The van der Waals surface area contributed by atoms with Crippen LogP contribution in [0.4, 0.5) is 23.7 Å². The number of hydrogen-bond acceptors (Lipinski definition) is 3. The fraction of sp³-hybridized carbons (Fsp3) is 0.263. The average Bonchev–Trinajstić information content (AvgIpc) is 3.28. The van der Waals surface area contributed by atoms with Gasteiger partial charge in [-0.15, -0.1) is 13.2 Å². The van der Waals surface area contributed by atoms with Crippen molar-refractivity contribution in [3.8, 4) is 5.75 Å². The highest BCUT2D eigenvalue weighted by molar-refractivity contribution is 5.90. The molecule has 1 aliphatic heterocycles. The minimum absolute atomic E-state index is 0.180. The molecule has 0 spiro atoms. The highest BCUT2D eigenvalue weighted by Gasteiger charge is 2.33. The second kappa shape index (κ2) is 7.06. The number of aromatic amines is 1. The first kappa shape index (κ1) is 18.1. The van der Waals surface area contributed by atoms with Gasteiger partial charge >= 0.3 is 12.4 Å². The van der Waals surface area contributed by atoms with Crippen LogP contribution in [0.15, 0.2) is 48.5 Å². The number of alkyl halides is 3. The molecule has 146 valence electrons. The van der Waals surface area contributed by atoms with Crippen LogP contribution >= 0.6 is 0 Å². The maximum Gasteiger partial charge on any atom is 0.573 e. The van der Waals surface area contributed by atoms with Gasteiger partial charge in [0.05, 0.1) is 17.1 Å². The number of para-hydroxylation sites is 2. The number of anilines is 1. The lowest BCUT2D eigenvalue weighted by atomic mass is 10.2. The molecule has 2 N–H and O–H groups in total. The molecule has 0 bridgehead atoms. The predicted molar refractivity (Wildman–Crippen MR) is 96.9 cm³/mol. The van der Waals surface area contributed by atoms with Crippen LogP contribution in [0.1, 0.15) is 24.7 Å². The van der Waals surface area contributed by atoms with Gasteiger partial charge in [0.15, 0.2) is 0 Å². The minimum Gasteiger partial charge on any atom is -0.406 e. The molecule has 0 unspecified atom stereocenters. The zero-order valence-electron chi connectivity index (χ0n) is 14.7. The van der Waals surface area contributed by atoms with Crippen molar-refractivity contribution in [3.05, 3.63) is 54.4 Å². The number of aromatic nitrogens is 2. The second-order valence-electron chi connectivity index (χ2n) is 6.49. The number of benzene rings is 2. The summed E-state index contributed by atoms with van der Waals surface area (Å²) in [5, 5.41) is 2.72. The number of hydrogen-bond donors (Lipinski definition) is 2. The number of carbonyl (C=O) groups is 1. The number of carbonyl (C=O) groups excluding carboxylic acids is 1. The summed E-state index contributed by atoms with van der Waals surface area (Å²) in [5.41, 5.74) is 2.13. The number of imidazole rings is 1. The Morgan fingerprint density at radius 3 is 2.64 bits per heavy atom. The third-order valence-electron chi connectivity index (χ3n) is 4.58. The second-order valence-corrected chi connectivity index (χ2v) is 6.49. The number of nitrogens with zero attached hydrogens (tertiary/aromatic N) is 2. The number of nitrogens with one attached hydrogen (secondary N) is 2. The summed E-state index contributed by atoms with van der Waals surface area (Å²) >= 11 is 0. The predicted octanol–water partition coefficient (Wildman–Crippen LogP) is 4.83. The van der Waals surface area contributed by atoms with E-state index in [-0.39, 0.29) is 17.8 Å². The lowest BCUT2D eigenvalue weighted by Crippen LogP contribution is -2.34. The molecule has 1 aliphatic rings. The topological polar surface area (TPSA) is 70.2 Å². The first-order valence-electron chi connectivity index (χ1n) is 8.77. The number of ether oxygens (including phenoxy) is 1. The van der Waals surface area contributed by atoms with E-state index in [4.69, 9.17) is 0 Å². The Labute approximate surface area is 158 Å². The van der Waals surface area contributed by atoms with Crippen molar-refractivity contribution >= 4 is 22.8 Å². The summed E-state index contributed by atoms with van der Waals surface area (Å²) in [6.45, 7) is 0.572. The van der Waals surface area contributed by atoms with Gasteiger partial charge in [0.1, 0.15) is 11.6 Å². The van der Waals surface area contributed by atoms with E-state index in [0.717, 1.165) is 41.8 Å². The zero-order chi connectivity index (χ0) is 19.7. The molecular weight excluding hydrogens is 373 g/mol. The number of likely N-dealkylation sites (tertiary alicyclic amines) is 1. The quantitative estimate of drug-likeness (QED) is 0.673. The number of amides is 2. The van der Waals surface area contributed by atoms with Crippen LogP contribution in [0.3, 0.4) is 0 Å². The Balaban J connectivity index is 1.46. The van der Waals surface area contributed by atoms with E-state index >= 15 is 0 Å².